The van der Waals surface area contributed by atoms with Gasteiger partial charge < -0.3 is 4.74 Å². The molecule has 126 valence electrons. The van der Waals surface area contributed by atoms with E-state index in [4.69, 9.17) is 4.74 Å². The van der Waals surface area contributed by atoms with E-state index in [9.17, 15) is 0 Å². The third-order valence-electron chi connectivity index (χ3n) is 4.97. The summed E-state index contributed by atoms with van der Waals surface area (Å²) in [7, 11) is 1.69. The van der Waals surface area contributed by atoms with Crippen molar-refractivity contribution in [1.82, 2.24) is 20.0 Å². The van der Waals surface area contributed by atoms with Crippen LogP contribution in [0.4, 0.5) is 0 Å². The summed E-state index contributed by atoms with van der Waals surface area (Å²) in [6, 6.07) is 7.38. The van der Waals surface area contributed by atoms with Gasteiger partial charge in [-0.25, -0.2) is 0 Å². The van der Waals surface area contributed by atoms with Gasteiger partial charge in [0.05, 0.1) is 18.3 Å². The Morgan fingerprint density at radius 1 is 1.35 bits per heavy atom. The van der Waals surface area contributed by atoms with E-state index in [1.54, 1.807) is 7.11 Å². The number of nitrogens with zero attached hydrogens (tertiary/aromatic N) is 3. The number of ether oxygens (including phenoxy) is 1. The second-order valence-electron chi connectivity index (χ2n) is 6.71. The number of benzene rings is 1. The van der Waals surface area contributed by atoms with E-state index in [0.717, 1.165) is 37.4 Å². The zero-order chi connectivity index (χ0) is 16.4. The molecule has 2 heterocycles. The predicted molar refractivity (Wildman–Crippen MR) is 93.8 cm³/mol. The molecule has 0 saturated carbocycles. The average molecular weight is 316 g/mol. The van der Waals surface area contributed by atoms with Crippen molar-refractivity contribution in [3.05, 3.63) is 23.9 Å². The molecule has 1 aromatic carbocycles. The van der Waals surface area contributed by atoms with Gasteiger partial charge in [0.25, 0.3) is 0 Å². The summed E-state index contributed by atoms with van der Waals surface area (Å²) in [5.41, 5.74) is 2.18. The van der Waals surface area contributed by atoms with Crippen molar-refractivity contribution >= 4 is 10.9 Å². The lowest BCUT2D eigenvalue weighted by Gasteiger charge is -2.43. The lowest BCUT2D eigenvalue weighted by atomic mass is 10.1. The summed E-state index contributed by atoms with van der Waals surface area (Å²) in [6.45, 7) is 11.2. The molecule has 1 saturated heterocycles. The number of aromatic amines is 1. The minimum Gasteiger partial charge on any atom is -0.497 e. The summed E-state index contributed by atoms with van der Waals surface area (Å²) in [4.78, 5) is 5.18. The van der Waals surface area contributed by atoms with E-state index < -0.39 is 0 Å². The molecule has 1 fully saturated rings. The largest absolute Gasteiger partial charge is 0.497 e. The van der Waals surface area contributed by atoms with Gasteiger partial charge >= 0.3 is 0 Å². The van der Waals surface area contributed by atoms with E-state index in [1.165, 1.54) is 17.5 Å². The number of rotatable bonds is 5. The Morgan fingerprint density at radius 2 is 2.17 bits per heavy atom. The summed E-state index contributed by atoms with van der Waals surface area (Å²) in [5, 5.41) is 8.85. The molecule has 3 rings (SSSR count). The highest BCUT2D eigenvalue weighted by atomic mass is 16.5. The Hall–Kier alpha value is -1.59. The van der Waals surface area contributed by atoms with Gasteiger partial charge in [-0.15, -0.1) is 0 Å². The fourth-order valence-corrected chi connectivity index (χ4v) is 3.64. The van der Waals surface area contributed by atoms with E-state index in [1.807, 2.05) is 12.1 Å². The Bertz CT molecular complexity index is 652. The van der Waals surface area contributed by atoms with Gasteiger partial charge in [0.1, 0.15) is 5.75 Å². The van der Waals surface area contributed by atoms with Crippen LogP contribution in [-0.4, -0.2) is 58.8 Å². The van der Waals surface area contributed by atoms with E-state index in [-0.39, 0.29) is 0 Å². The molecule has 2 aromatic rings. The van der Waals surface area contributed by atoms with Crippen LogP contribution in [-0.2, 0) is 6.54 Å². The molecule has 1 aliphatic rings. The maximum Gasteiger partial charge on any atom is 0.121 e. The molecule has 1 aromatic heterocycles. The van der Waals surface area contributed by atoms with Crippen LogP contribution in [0.3, 0.4) is 0 Å². The second kappa shape index (κ2) is 6.89. The molecule has 1 atom stereocenters. The van der Waals surface area contributed by atoms with E-state index in [2.05, 4.69) is 46.8 Å². The van der Waals surface area contributed by atoms with Crippen molar-refractivity contribution in [1.29, 1.82) is 0 Å². The first kappa shape index (κ1) is 16.3. The first-order valence-corrected chi connectivity index (χ1v) is 8.61. The molecule has 0 radical (unpaired) electrons. The van der Waals surface area contributed by atoms with Crippen LogP contribution < -0.4 is 4.74 Å². The zero-order valence-corrected chi connectivity index (χ0v) is 14.7. The molecule has 1 aliphatic heterocycles. The molecule has 0 bridgehead atoms. The molecule has 0 aliphatic carbocycles. The molecular weight excluding hydrogens is 288 g/mol. The molecule has 5 heteroatoms. The van der Waals surface area contributed by atoms with E-state index in [0.29, 0.717) is 12.1 Å². The Labute approximate surface area is 138 Å². The highest BCUT2D eigenvalue weighted by Crippen LogP contribution is 2.24. The fourth-order valence-electron chi connectivity index (χ4n) is 3.64. The summed E-state index contributed by atoms with van der Waals surface area (Å²) in [5.74, 6) is 0.854. The van der Waals surface area contributed by atoms with Crippen molar-refractivity contribution in [2.75, 3.05) is 26.7 Å². The van der Waals surface area contributed by atoms with Crippen LogP contribution in [0.15, 0.2) is 18.2 Å². The maximum absolute atomic E-state index is 5.27. The Morgan fingerprint density at radius 3 is 2.87 bits per heavy atom. The number of piperazine rings is 1. The first-order chi connectivity index (χ1) is 11.1. The van der Waals surface area contributed by atoms with Gasteiger partial charge in [0.15, 0.2) is 0 Å². The zero-order valence-electron chi connectivity index (χ0n) is 14.7. The van der Waals surface area contributed by atoms with Crippen LogP contribution in [0.2, 0.25) is 0 Å². The number of H-pyrrole nitrogens is 1. The summed E-state index contributed by atoms with van der Waals surface area (Å²) < 4.78 is 5.27. The Kier molecular flexibility index (Phi) is 4.87. The quantitative estimate of drug-likeness (QED) is 0.921. The molecule has 1 N–H and O–H groups in total. The number of fused-ring (bicyclic) bond motifs is 1. The molecule has 23 heavy (non-hydrogen) atoms. The topological polar surface area (TPSA) is 44.4 Å². The van der Waals surface area contributed by atoms with Crippen molar-refractivity contribution < 1.29 is 4.74 Å². The summed E-state index contributed by atoms with van der Waals surface area (Å²) >= 11 is 0. The van der Waals surface area contributed by atoms with Crippen LogP contribution in [0.5, 0.6) is 5.75 Å². The number of nitrogens with one attached hydrogen (secondary N) is 1. The highest BCUT2D eigenvalue weighted by Gasteiger charge is 2.27. The number of hydrogen-bond donors (Lipinski definition) is 1. The van der Waals surface area contributed by atoms with Crippen molar-refractivity contribution in [3.8, 4) is 5.75 Å². The van der Waals surface area contributed by atoms with Crippen molar-refractivity contribution in [2.24, 2.45) is 0 Å². The fraction of sp³-hybridized carbons (Fsp3) is 0.611. The normalized spacial score (nSPS) is 20.5. The van der Waals surface area contributed by atoms with Gasteiger partial charge in [0.2, 0.25) is 0 Å². The van der Waals surface area contributed by atoms with Crippen LogP contribution in [0.25, 0.3) is 10.9 Å². The van der Waals surface area contributed by atoms with Crippen molar-refractivity contribution in [2.45, 2.75) is 45.8 Å². The van der Waals surface area contributed by atoms with E-state index >= 15 is 0 Å². The molecular formula is C18H28N4O. The maximum atomic E-state index is 5.27. The average Bonchev–Trinajstić information content (AvgIpc) is 2.96. The minimum absolute atomic E-state index is 0.627. The van der Waals surface area contributed by atoms with Gasteiger partial charge in [0, 0.05) is 49.7 Å². The van der Waals surface area contributed by atoms with Crippen LogP contribution in [0.1, 0.15) is 32.9 Å². The third kappa shape index (κ3) is 3.35. The standard InChI is InChI=1S/C18H28N4O/c1-5-14-11-21(8-9-22(14)13(2)3)12-18-16-7-6-15(23-4)10-17(16)19-20-18/h6-7,10,13-14H,5,8-9,11-12H2,1-4H3,(H,19,20). The molecule has 0 amide bonds. The molecule has 5 nitrogen and oxygen atoms in total. The monoisotopic (exact) mass is 316 g/mol. The predicted octanol–water partition coefficient (Wildman–Crippen LogP) is 2.88. The smallest absolute Gasteiger partial charge is 0.121 e. The highest BCUT2D eigenvalue weighted by molar-refractivity contribution is 5.82. The number of hydrogen-bond acceptors (Lipinski definition) is 4. The van der Waals surface area contributed by atoms with Gasteiger partial charge in [-0.1, -0.05) is 6.92 Å². The lowest BCUT2D eigenvalue weighted by molar-refractivity contribution is 0.0453. The second-order valence-corrected chi connectivity index (χ2v) is 6.71. The van der Waals surface area contributed by atoms with Gasteiger partial charge in [-0.3, -0.25) is 14.9 Å². The Balaban J connectivity index is 1.73. The lowest BCUT2D eigenvalue weighted by Crippen LogP contribution is -2.54. The minimum atomic E-state index is 0.627. The van der Waals surface area contributed by atoms with Crippen LogP contribution in [0, 0.1) is 0 Å². The molecule has 1 unspecified atom stereocenters. The third-order valence-corrected chi connectivity index (χ3v) is 4.97. The number of aromatic nitrogens is 2. The first-order valence-electron chi connectivity index (χ1n) is 8.61. The van der Waals surface area contributed by atoms with Crippen molar-refractivity contribution in [3.63, 3.8) is 0 Å². The molecule has 0 spiro atoms. The SMILES string of the molecule is CCC1CN(Cc2[nH]nc3cc(OC)ccc23)CCN1C(C)C. The van der Waals surface area contributed by atoms with Gasteiger partial charge in [-0.05, 0) is 32.4 Å². The summed E-state index contributed by atoms with van der Waals surface area (Å²) in [6.07, 6.45) is 1.20. The number of methoxy groups -OCH3 is 1. The van der Waals surface area contributed by atoms with Gasteiger partial charge in [-0.2, -0.15) is 5.10 Å². The van der Waals surface area contributed by atoms with Crippen LogP contribution >= 0.6 is 0 Å².